The molecule has 1 saturated heterocycles. The maximum absolute atomic E-state index is 13.3. The Morgan fingerprint density at radius 1 is 1.21 bits per heavy atom. The molecule has 9 nitrogen and oxygen atoms in total. The van der Waals surface area contributed by atoms with Crippen LogP contribution in [0.3, 0.4) is 0 Å². The van der Waals surface area contributed by atoms with Crippen LogP contribution in [0.1, 0.15) is 62.3 Å². The lowest BCUT2D eigenvalue weighted by molar-refractivity contribution is -0.0703. The molecule has 2 heterocycles. The summed E-state index contributed by atoms with van der Waals surface area (Å²) in [6, 6.07) is 6.19. The average Bonchev–Trinajstić information content (AvgIpc) is 3.04. The molecule has 1 aliphatic rings. The molecule has 33 heavy (non-hydrogen) atoms. The fourth-order valence-electron chi connectivity index (χ4n) is 3.54. The van der Waals surface area contributed by atoms with Gasteiger partial charge in [0.15, 0.2) is 5.69 Å². The third kappa shape index (κ3) is 5.39. The molecule has 1 aromatic carbocycles. The minimum Gasteiger partial charge on any atom is -0.383 e. The molecule has 1 aromatic heterocycles. The summed E-state index contributed by atoms with van der Waals surface area (Å²) in [6.45, 7) is 10.4. The monoisotopic (exact) mass is 478 g/mol. The molecule has 3 N–H and O–H groups in total. The Kier molecular flexibility index (Phi) is 6.93. The lowest BCUT2D eigenvalue weighted by Crippen LogP contribution is -2.42. The molecule has 3 rings (SSSR count). The van der Waals surface area contributed by atoms with Crippen molar-refractivity contribution in [2.24, 2.45) is 12.5 Å². The second kappa shape index (κ2) is 9.08. The summed E-state index contributed by atoms with van der Waals surface area (Å²) in [7, 11) is -2.48. The van der Waals surface area contributed by atoms with Gasteiger partial charge in [-0.2, -0.15) is 5.10 Å². The van der Waals surface area contributed by atoms with Crippen LogP contribution in [-0.2, 0) is 27.4 Å². The van der Waals surface area contributed by atoms with Crippen molar-refractivity contribution in [1.82, 2.24) is 15.1 Å². The van der Waals surface area contributed by atoms with E-state index in [9.17, 15) is 18.3 Å². The number of aromatic nitrogens is 2. The van der Waals surface area contributed by atoms with Crippen molar-refractivity contribution >= 4 is 21.6 Å². The first-order valence-corrected chi connectivity index (χ1v) is 12.5. The SMILES string of the molecule is Cc1ccc(S(=O)(=O)Nc2c(C3(O)CCOCC3)nn(C)c2C(=O)NC(C)C(C)(C)C)cc1. The summed E-state index contributed by atoms with van der Waals surface area (Å²) in [4.78, 5) is 13.3. The molecule has 1 amide bonds. The summed E-state index contributed by atoms with van der Waals surface area (Å²) in [5, 5.41) is 18.7. The Hall–Kier alpha value is -2.43. The number of rotatable bonds is 6. The summed E-state index contributed by atoms with van der Waals surface area (Å²) >= 11 is 0. The number of aryl methyl sites for hydroxylation is 2. The van der Waals surface area contributed by atoms with Crippen LogP contribution < -0.4 is 10.0 Å². The van der Waals surface area contributed by atoms with E-state index in [1.165, 1.54) is 16.8 Å². The Bertz CT molecular complexity index is 1110. The number of ether oxygens (including phenoxy) is 1. The highest BCUT2D eigenvalue weighted by Gasteiger charge is 2.40. The zero-order valence-electron chi connectivity index (χ0n) is 20.1. The number of anilines is 1. The summed E-state index contributed by atoms with van der Waals surface area (Å²) in [6.07, 6.45) is 0.478. The molecule has 1 aliphatic heterocycles. The Morgan fingerprint density at radius 2 is 1.79 bits per heavy atom. The van der Waals surface area contributed by atoms with E-state index >= 15 is 0 Å². The molecule has 0 spiro atoms. The van der Waals surface area contributed by atoms with Crippen molar-refractivity contribution in [3.63, 3.8) is 0 Å². The molecule has 0 radical (unpaired) electrons. The van der Waals surface area contributed by atoms with Gasteiger partial charge in [0.25, 0.3) is 15.9 Å². The second-order valence-corrected chi connectivity index (χ2v) is 11.5. The number of nitrogens with one attached hydrogen (secondary N) is 2. The van der Waals surface area contributed by atoms with Crippen LogP contribution >= 0.6 is 0 Å². The number of nitrogens with zero attached hydrogens (tertiary/aromatic N) is 2. The zero-order chi connectivity index (χ0) is 24.6. The van der Waals surface area contributed by atoms with Crippen LogP contribution in [0, 0.1) is 12.3 Å². The van der Waals surface area contributed by atoms with E-state index in [4.69, 9.17) is 4.74 Å². The average molecular weight is 479 g/mol. The third-order valence-electron chi connectivity index (χ3n) is 6.24. The molecular formula is C23H34N4O5S. The fraction of sp³-hybridized carbons (Fsp3) is 0.565. The van der Waals surface area contributed by atoms with E-state index < -0.39 is 21.5 Å². The van der Waals surface area contributed by atoms with Gasteiger partial charge in [0, 0.05) is 39.1 Å². The van der Waals surface area contributed by atoms with E-state index in [-0.39, 0.29) is 46.3 Å². The van der Waals surface area contributed by atoms with E-state index in [0.717, 1.165) is 5.56 Å². The maximum atomic E-state index is 13.3. The summed E-state index contributed by atoms with van der Waals surface area (Å²) in [5.41, 5.74) is -0.563. The van der Waals surface area contributed by atoms with Crippen molar-refractivity contribution in [1.29, 1.82) is 0 Å². The number of carbonyl (C=O) groups excluding carboxylic acids is 1. The van der Waals surface area contributed by atoms with Gasteiger partial charge in [-0.15, -0.1) is 0 Å². The smallest absolute Gasteiger partial charge is 0.271 e. The Balaban J connectivity index is 2.10. The lowest BCUT2D eigenvalue weighted by atomic mass is 9.88. The number of hydrogen-bond acceptors (Lipinski definition) is 6. The van der Waals surface area contributed by atoms with Crippen LogP contribution in [-0.4, -0.2) is 48.5 Å². The molecular weight excluding hydrogens is 444 g/mol. The van der Waals surface area contributed by atoms with Gasteiger partial charge in [0.2, 0.25) is 0 Å². The van der Waals surface area contributed by atoms with E-state index in [2.05, 4.69) is 15.1 Å². The van der Waals surface area contributed by atoms with Gasteiger partial charge >= 0.3 is 0 Å². The van der Waals surface area contributed by atoms with Crippen LogP contribution in [0.2, 0.25) is 0 Å². The molecule has 2 aromatic rings. The summed E-state index contributed by atoms with van der Waals surface area (Å²) in [5.74, 6) is -0.476. The largest absolute Gasteiger partial charge is 0.383 e. The van der Waals surface area contributed by atoms with E-state index in [1.807, 2.05) is 34.6 Å². The predicted molar refractivity (Wildman–Crippen MR) is 126 cm³/mol. The quantitative estimate of drug-likeness (QED) is 0.587. The number of hydrogen-bond donors (Lipinski definition) is 3. The van der Waals surface area contributed by atoms with Gasteiger partial charge in [-0.3, -0.25) is 14.2 Å². The van der Waals surface area contributed by atoms with Gasteiger partial charge in [-0.05, 0) is 31.4 Å². The predicted octanol–water partition coefficient (Wildman–Crippen LogP) is 2.69. The minimum atomic E-state index is -4.04. The fourth-order valence-corrected chi connectivity index (χ4v) is 4.62. The molecule has 0 saturated carbocycles. The molecule has 0 aliphatic carbocycles. The number of aliphatic hydroxyl groups is 1. The van der Waals surface area contributed by atoms with Gasteiger partial charge in [-0.25, -0.2) is 8.42 Å². The van der Waals surface area contributed by atoms with Gasteiger partial charge in [-0.1, -0.05) is 38.5 Å². The van der Waals surface area contributed by atoms with E-state index in [0.29, 0.717) is 13.2 Å². The first-order chi connectivity index (χ1) is 15.2. The van der Waals surface area contributed by atoms with Gasteiger partial charge < -0.3 is 15.2 Å². The maximum Gasteiger partial charge on any atom is 0.271 e. The van der Waals surface area contributed by atoms with E-state index in [1.54, 1.807) is 19.2 Å². The van der Waals surface area contributed by atoms with Gasteiger partial charge in [0.1, 0.15) is 17.0 Å². The Morgan fingerprint density at radius 3 is 2.33 bits per heavy atom. The van der Waals surface area contributed by atoms with Gasteiger partial charge in [0.05, 0.1) is 4.90 Å². The van der Waals surface area contributed by atoms with Crippen LogP contribution in [0.5, 0.6) is 0 Å². The molecule has 1 fully saturated rings. The lowest BCUT2D eigenvalue weighted by Gasteiger charge is -2.31. The topological polar surface area (TPSA) is 123 Å². The van der Waals surface area contributed by atoms with Crippen LogP contribution in [0.15, 0.2) is 29.2 Å². The third-order valence-corrected chi connectivity index (χ3v) is 7.60. The molecule has 1 atom stereocenters. The number of benzene rings is 1. The molecule has 0 bridgehead atoms. The molecule has 1 unspecified atom stereocenters. The highest BCUT2D eigenvalue weighted by atomic mass is 32.2. The summed E-state index contributed by atoms with van der Waals surface area (Å²) < 4.78 is 35.7. The molecule has 182 valence electrons. The van der Waals surface area contributed by atoms with Crippen molar-refractivity contribution in [3.05, 3.63) is 41.2 Å². The normalized spacial score (nSPS) is 17.4. The molecule has 10 heteroatoms. The van der Waals surface area contributed by atoms with Crippen molar-refractivity contribution in [2.75, 3.05) is 17.9 Å². The van der Waals surface area contributed by atoms with Crippen molar-refractivity contribution in [2.45, 2.75) is 64.0 Å². The first-order valence-electron chi connectivity index (χ1n) is 11.0. The van der Waals surface area contributed by atoms with Crippen molar-refractivity contribution < 1.29 is 23.1 Å². The minimum absolute atomic E-state index is 0.0129. The van der Waals surface area contributed by atoms with Crippen molar-refractivity contribution in [3.8, 4) is 0 Å². The number of carbonyl (C=O) groups is 1. The Labute approximate surface area is 195 Å². The standard InChI is InChI=1S/C23H34N4O5S/c1-15-7-9-17(10-8-15)33(30,31)26-18-19(21(28)24-16(2)22(3,4)5)27(6)25-20(18)23(29)11-13-32-14-12-23/h7-10,16,26,29H,11-14H2,1-6H3,(H,24,28). The highest BCUT2D eigenvalue weighted by Crippen LogP contribution is 2.38. The first kappa shape index (κ1) is 25.2. The number of amides is 1. The highest BCUT2D eigenvalue weighted by molar-refractivity contribution is 7.92. The second-order valence-electron chi connectivity index (χ2n) is 9.82. The number of sulfonamides is 1. The van der Waals surface area contributed by atoms with Crippen LogP contribution in [0.4, 0.5) is 5.69 Å². The zero-order valence-corrected chi connectivity index (χ0v) is 20.9. The van der Waals surface area contributed by atoms with Crippen LogP contribution in [0.25, 0.3) is 0 Å².